The minimum Gasteiger partial charge on any atom is -0.392 e. The number of aryl methyl sites for hydroxylation is 1. The van der Waals surface area contributed by atoms with Crippen LogP contribution in [-0.2, 0) is 26.8 Å². The number of rotatable bonds is 9. The highest BCUT2D eigenvalue weighted by atomic mass is 31.3. The van der Waals surface area contributed by atoms with Crippen LogP contribution in [0.15, 0.2) is 37.5 Å². The van der Waals surface area contributed by atoms with Gasteiger partial charge in [-0.05, 0) is 18.9 Å². The van der Waals surface area contributed by atoms with Gasteiger partial charge in [-0.15, -0.1) is 6.58 Å². The summed E-state index contributed by atoms with van der Waals surface area (Å²) in [7, 11) is -16.6. The summed E-state index contributed by atoms with van der Waals surface area (Å²) in [5.74, 6) is 0. The Morgan fingerprint density at radius 3 is 2.45 bits per heavy atom. The lowest BCUT2D eigenvalue weighted by Gasteiger charge is -2.31. The highest BCUT2D eigenvalue weighted by Gasteiger charge is 2.51. The van der Waals surface area contributed by atoms with Gasteiger partial charge in [-0.3, -0.25) is 4.52 Å². The topological polar surface area (TPSA) is 224 Å². The van der Waals surface area contributed by atoms with E-state index in [1.165, 1.54) is 18.7 Å². The molecular formula is C15H21N4O11P3. The molecule has 2 aromatic rings. The molecule has 33 heavy (non-hydrogen) atoms. The van der Waals surface area contributed by atoms with E-state index in [0.717, 1.165) is 0 Å². The SMILES string of the molecule is C=C[C@]1(COP(=O)(O)OP(=O)(O)OP(=O)(O)O)C(=C)[C@@H](n2cnc3c(C)ncnc32)C[C@@H]1O. The Balaban J connectivity index is 1.83. The van der Waals surface area contributed by atoms with Crippen LogP contribution >= 0.6 is 23.5 Å². The molecular weight excluding hydrogens is 505 g/mol. The molecule has 3 rings (SSSR count). The van der Waals surface area contributed by atoms with E-state index in [4.69, 9.17) is 14.3 Å². The summed E-state index contributed by atoms with van der Waals surface area (Å²) in [6, 6.07) is -0.582. The van der Waals surface area contributed by atoms with Gasteiger partial charge >= 0.3 is 23.5 Å². The number of aliphatic hydroxyl groups excluding tert-OH is 1. The summed E-state index contributed by atoms with van der Waals surface area (Å²) >= 11 is 0. The van der Waals surface area contributed by atoms with Gasteiger partial charge in [0.1, 0.15) is 11.8 Å². The summed E-state index contributed by atoms with van der Waals surface area (Å²) < 4.78 is 48.2. The first-order valence-electron chi connectivity index (χ1n) is 9.04. The van der Waals surface area contributed by atoms with Crippen LogP contribution in [0.4, 0.5) is 0 Å². The van der Waals surface area contributed by atoms with Crippen LogP contribution in [0.2, 0.25) is 0 Å². The first-order valence-corrected chi connectivity index (χ1v) is 13.6. The fourth-order valence-electron chi connectivity index (χ4n) is 3.57. The number of phosphoric ester groups is 1. The van der Waals surface area contributed by atoms with Gasteiger partial charge in [0.15, 0.2) is 5.65 Å². The normalized spacial score (nSPS) is 27.4. The highest BCUT2D eigenvalue weighted by Crippen LogP contribution is 2.67. The number of aromatic nitrogens is 4. The molecule has 182 valence electrons. The van der Waals surface area contributed by atoms with Gasteiger partial charge in [0, 0.05) is 0 Å². The largest absolute Gasteiger partial charge is 0.490 e. The summed E-state index contributed by atoms with van der Waals surface area (Å²) in [4.78, 5) is 48.8. The standard InChI is InChI=1S/C15H21N4O11P3/c1-4-15(6-28-32(24,25)30-33(26,27)29-31(21,22)23)9(2)11(5-12(15)20)19-8-18-13-10(3)16-7-17-14(13)19/h4,7-8,11-12,20H,1-2,5-6H2,3H3,(H,24,25)(H,26,27)(H2,21,22,23)/t11-,12-,15-/m0/s1. The quantitative estimate of drug-likeness (QED) is 0.231. The minimum atomic E-state index is -5.68. The van der Waals surface area contributed by atoms with Crippen molar-refractivity contribution in [3.8, 4) is 0 Å². The van der Waals surface area contributed by atoms with Crippen molar-refractivity contribution in [2.24, 2.45) is 5.41 Å². The molecule has 5 atom stereocenters. The molecule has 0 amide bonds. The average molecular weight is 526 g/mol. The first-order chi connectivity index (χ1) is 15.1. The van der Waals surface area contributed by atoms with Crippen molar-refractivity contribution in [3.63, 3.8) is 0 Å². The van der Waals surface area contributed by atoms with E-state index < -0.39 is 47.6 Å². The van der Waals surface area contributed by atoms with E-state index in [1.54, 1.807) is 11.5 Å². The summed E-state index contributed by atoms with van der Waals surface area (Å²) in [6.07, 6.45) is 2.92. The third-order valence-electron chi connectivity index (χ3n) is 5.17. The predicted molar refractivity (Wildman–Crippen MR) is 111 cm³/mol. The maximum atomic E-state index is 12.1. The molecule has 0 spiro atoms. The van der Waals surface area contributed by atoms with Crippen LogP contribution in [-0.4, -0.2) is 56.9 Å². The van der Waals surface area contributed by atoms with Crippen molar-refractivity contribution in [1.82, 2.24) is 19.5 Å². The van der Waals surface area contributed by atoms with E-state index in [9.17, 15) is 28.6 Å². The molecule has 2 aromatic heterocycles. The van der Waals surface area contributed by atoms with Crippen molar-refractivity contribution >= 4 is 34.6 Å². The van der Waals surface area contributed by atoms with E-state index >= 15 is 0 Å². The molecule has 0 saturated heterocycles. The van der Waals surface area contributed by atoms with Gasteiger partial charge in [-0.2, -0.15) is 8.62 Å². The van der Waals surface area contributed by atoms with E-state index in [1.807, 2.05) is 0 Å². The Labute approximate surface area is 186 Å². The Morgan fingerprint density at radius 1 is 1.18 bits per heavy atom. The molecule has 2 unspecified atom stereocenters. The summed E-state index contributed by atoms with van der Waals surface area (Å²) in [6.45, 7) is 8.57. The molecule has 0 radical (unpaired) electrons. The Morgan fingerprint density at radius 2 is 1.85 bits per heavy atom. The molecule has 1 aliphatic carbocycles. The lowest BCUT2D eigenvalue weighted by atomic mass is 9.81. The third kappa shape index (κ3) is 5.40. The number of phosphoric acid groups is 3. The molecule has 0 bridgehead atoms. The Hall–Kier alpha value is -1.60. The number of fused-ring (bicyclic) bond motifs is 1. The highest BCUT2D eigenvalue weighted by molar-refractivity contribution is 7.66. The molecule has 1 aliphatic rings. The molecule has 15 nitrogen and oxygen atoms in total. The van der Waals surface area contributed by atoms with Crippen molar-refractivity contribution in [2.45, 2.75) is 25.5 Å². The van der Waals surface area contributed by atoms with E-state index in [2.05, 4.69) is 36.7 Å². The van der Waals surface area contributed by atoms with E-state index in [-0.39, 0.29) is 6.42 Å². The molecule has 5 N–H and O–H groups in total. The van der Waals surface area contributed by atoms with Crippen molar-refractivity contribution in [3.05, 3.63) is 43.2 Å². The number of aliphatic hydroxyl groups is 1. The zero-order valence-electron chi connectivity index (χ0n) is 17.0. The predicted octanol–water partition coefficient (Wildman–Crippen LogP) is 1.51. The van der Waals surface area contributed by atoms with Gasteiger partial charge in [-0.25, -0.2) is 28.6 Å². The zero-order chi connectivity index (χ0) is 24.8. The fourth-order valence-corrected chi connectivity index (χ4v) is 6.64. The minimum absolute atomic E-state index is 0.0686. The Kier molecular flexibility index (Phi) is 7.00. The Bertz CT molecular complexity index is 1240. The van der Waals surface area contributed by atoms with Crippen molar-refractivity contribution < 1.29 is 51.5 Å². The van der Waals surface area contributed by atoms with Gasteiger partial charge < -0.3 is 29.2 Å². The van der Waals surface area contributed by atoms with Crippen LogP contribution in [0.1, 0.15) is 18.2 Å². The second-order valence-electron chi connectivity index (χ2n) is 7.18. The average Bonchev–Trinajstić information content (AvgIpc) is 3.18. The van der Waals surface area contributed by atoms with Crippen LogP contribution in [0.3, 0.4) is 0 Å². The molecule has 1 saturated carbocycles. The number of imidazole rings is 1. The monoisotopic (exact) mass is 526 g/mol. The van der Waals surface area contributed by atoms with Crippen molar-refractivity contribution in [2.75, 3.05) is 6.61 Å². The number of nitrogens with zero attached hydrogens (tertiary/aromatic N) is 4. The third-order valence-corrected chi connectivity index (χ3v) is 8.95. The lowest BCUT2D eigenvalue weighted by Crippen LogP contribution is -2.34. The molecule has 0 aromatic carbocycles. The molecule has 2 heterocycles. The summed E-state index contributed by atoms with van der Waals surface area (Å²) in [5.41, 5.74) is 0.428. The molecule has 0 aliphatic heterocycles. The zero-order valence-corrected chi connectivity index (χ0v) is 19.7. The van der Waals surface area contributed by atoms with E-state index in [0.29, 0.717) is 22.4 Å². The number of hydrogen-bond donors (Lipinski definition) is 5. The number of hydrogen-bond acceptors (Lipinski definition) is 10. The van der Waals surface area contributed by atoms with Gasteiger partial charge in [0.05, 0.1) is 36.2 Å². The van der Waals surface area contributed by atoms with Gasteiger partial charge in [0.2, 0.25) is 0 Å². The van der Waals surface area contributed by atoms with Crippen LogP contribution in [0, 0.1) is 12.3 Å². The second-order valence-corrected chi connectivity index (χ2v) is 11.6. The van der Waals surface area contributed by atoms with Crippen LogP contribution < -0.4 is 0 Å². The van der Waals surface area contributed by atoms with Gasteiger partial charge in [0.25, 0.3) is 0 Å². The van der Waals surface area contributed by atoms with Crippen LogP contribution in [0.5, 0.6) is 0 Å². The van der Waals surface area contributed by atoms with Crippen molar-refractivity contribution in [1.29, 1.82) is 0 Å². The second kappa shape index (κ2) is 8.88. The van der Waals surface area contributed by atoms with Gasteiger partial charge in [-0.1, -0.05) is 12.7 Å². The first kappa shape index (κ1) is 26.0. The smallest absolute Gasteiger partial charge is 0.392 e. The maximum Gasteiger partial charge on any atom is 0.490 e. The molecule has 18 heteroatoms. The van der Waals surface area contributed by atoms with Crippen LogP contribution in [0.25, 0.3) is 11.2 Å². The summed E-state index contributed by atoms with van der Waals surface area (Å²) in [5, 5.41) is 10.8. The molecule has 1 fully saturated rings. The fraction of sp³-hybridized carbons (Fsp3) is 0.400. The maximum absolute atomic E-state index is 12.1. The lowest BCUT2D eigenvalue weighted by molar-refractivity contribution is 0.0541.